The number of H-pyrrole nitrogens is 1. The fourth-order valence-electron chi connectivity index (χ4n) is 2.39. The van der Waals surface area contributed by atoms with Crippen LogP contribution in [0.5, 0.6) is 0 Å². The molecule has 1 aromatic heterocycles. The first-order chi connectivity index (χ1) is 9.66. The molecule has 0 spiro atoms. The van der Waals surface area contributed by atoms with Gasteiger partial charge < -0.3 is 0 Å². The van der Waals surface area contributed by atoms with Crippen LogP contribution >= 0.6 is 0 Å². The van der Waals surface area contributed by atoms with Gasteiger partial charge in [0.15, 0.2) is 0 Å². The number of aryl methyl sites for hydroxylation is 2. The number of hydrogen-bond donors (Lipinski definition) is 1. The smallest absolute Gasteiger partial charge is 0.132 e. The van der Waals surface area contributed by atoms with Crippen molar-refractivity contribution >= 4 is 0 Å². The van der Waals surface area contributed by atoms with Gasteiger partial charge >= 0.3 is 0 Å². The van der Waals surface area contributed by atoms with Crippen LogP contribution in [0.3, 0.4) is 0 Å². The van der Waals surface area contributed by atoms with E-state index in [0.29, 0.717) is 11.3 Å². The van der Waals surface area contributed by atoms with E-state index in [9.17, 15) is 4.39 Å². The first-order valence-corrected chi connectivity index (χ1v) is 6.53. The third kappa shape index (κ3) is 2.11. The Labute approximate surface area is 117 Å². The molecule has 0 amide bonds. The Morgan fingerprint density at radius 1 is 1.00 bits per heavy atom. The number of rotatable bonds is 2. The first-order valence-electron chi connectivity index (χ1n) is 6.53. The Balaban J connectivity index is 2.21. The molecular formula is C17H15FN2. The number of aromatic nitrogens is 2. The van der Waals surface area contributed by atoms with Crippen LogP contribution in [0.2, 0.25) is 0 Å². The largest absolute Gasteiger partial charge is 0.282 e. The van der Waals surface area contributed by atoms with E-state index < -0.39 is 0 Å². The minimum absolute atomic E-state index is 0.242. The number of aromatic amines is 1. The third-order valence-corrected chi connectivity index (χ3v) is 3.39. The summed E-state index contributed by atoms with van der Waals surface area (Å²) < 4.78 is 14.2. The minimum Gasteiger partial charge on any atom is -0.282 e. The molecule has 0 aliphatic heterocycles. The second-order valence-corrected chi connectivity index (χ2v) is 4.92. The molecule has 0 saturated heterocycles. The van der Waals surface area contributed by atoms with E-state index in [0.717, 1.165) is 22.4 Å². The lowest BCUT2D eigenvalue weighted by Gasteiger charge is -2.06. The molecule has 3 aromatic rings. The molecule has 3 heteroatoms. The van der Waals surface area contributed by atoms with E-state index >= 15 is 0 Å². The quantitative estimate of drug-likeness (QED) is 0.727. The van der Waals surface area contributed by atoms with Gasteiger partial charge in [0.1, 0.15) is 11.5 Å². The monoisotopic (exact) mass is 266 g/mol. The molecule has 0 radical (unpaired) electrons. The lowest BCUT2D eigenvalue weighted by molar-refractivity contribution is 0.629. The second kappa shape index (κ2) is 4.93. The average molecular weight is 266 g/mol. The van der Waals surface area contributed by atoms with E-state index in [1.807, 2.05) is 50.2 Å². The number of nitrogens with one attached hydrogen (secondary N) is 1. The topological polar surface area (TPSA) is 28.7 Å². The zero-order chi connectivity index (χ0) is 14.1. The van der Waals surface area contributed by atoms with Gasteiger partial charge in [0.2, 0.25) is 0 Å². The van der Waals surface area contributed by atoms with Crippen molar-refractivity contribution in [1.29, 1.82) is 0 Å². The van der Waals surface area contributed by atoms with Gasteiger partial charge in [-0.1, -0.05) is 36.4 Å². The van der Waals surface area contributed by atoms with Crippen molar-refractivity contribution < 1.29 is 4.39 Å². The van der Waals surface area contributed by atoms with Crippen molar-refractivity contribution in [3.05, 3.63) is 65.6 Å². The summed E-state index contributed by atoms with van der Waals surface area (Å²) in [7, 11) is 0. The van der Waals surface area contributed by atoms with E-state index in [1.165, 1.54) is 6.07 Å². The maximum atomic E-state index is 14.2. The number of nitrogens with zero attached hydrogens (tertiary/aromatic N) is 1. The summed E-state index contributed by atoms with van der Waals surface area (Å²) in [5.74, 6) is -0.242. The van der Waals surface area contributed by atoms with Crippen molar-refractivity contribution in [3.63, 3.8) is 0 Å². The lowest BCUT2D eigenvalue weighted by atomic mass is 9.98. The third-order valence-electron chi connectivity index (χ3n) is 3.39. The van der Waals surface area contributed by atoms with Gasteiger partial charge in [0, 0.05) is 16.8 Å². The van der Waals surface area contributed by atoms with Gasteiger partial charge in [0.25, 0.3) is 0 Å². The number of hydrogen-bond acceptors (Lipinski definition) is 1. The standard InChI is InChI=1S/C17H15FN2/c1-11-8-9-14(15(18)10-11)17-16(12(2)19-20-17)13-6-4-3-5-7-13/h3-10H,1-2H3,(H,19,20). The van der Waals surface area contributed by atoms with Gasteiger partial charge in [-0.3, -0.25) is 5.10 Å². The van der Waals surface area contributed by atoms with Crippen LogP contribution in [0.1, 0.15) is 11.3 Å². The average Bonchev–Trinajstić information content (AvgIpc) is 2.81. The molecule has 2 aromatic carbocycles. The summed E-state index contributed by atoms with van der Waals surface area (Å²) in [6.07, 6.45) is 0. The van der Waals surface area contributed by atoms with Crippen molar-refractivity contribution in [1.82, 2.24) is 10.2 Å². The zero-order valence-electron chi connectivity index (χ0n) is 11.4. The Morgan fingerprint density at radius 3 is 2.45 bits per heavy atom. The Kier molecular flexibility index (Phi) is 3.11. The molecule has 1 heterocycles. The van der Waals surface area contributed by atoms with Gasteiger partial charge in [-0.25, -0.2) is 4.39 Å². The molecular weight excluding hydrogens is 251 g/mol. The summed E-state index contributed by atoms with van der Waals surface area (Å²) in [5.41, 5.74) is 5.01. The van der Waals surface area contributed by atoms with E-state index in [2.05, 4.69) is 10.2 Å². The maximum Gasteiger partial charge on any atom is 0.132 e. The van der Waals surface area contributed by atoms with Crippen LogP contribution in [0.15, 0.2) is 48.5 Å². The SMILES string of the molecule is Cc1ccc(-c2n[nH]c(C)c2-c2ccccc2)c(F)c1. The second-order valence-electron chi connectivity index (χ2n) is 4.92. The first kappa shape index (κ1) is 12.6. The Bertz CT molecular complexity index is 745. The molecule has 3 rings (SSSR count). The van der Waals surface area contributed by atoms with E-state index in [1.54, 1.807) is 6.07 Å². The summed E-state index contributed by atoms with van der Waals surface area (Å²) in [6, 6.07) is 15.1. The van der Waals surface area contributed by atoms with Gasteiger partial charge in [-0.2, -0.15) is 5.10 Å². The number of halogens is 1. The normalized spacial score (nSPS) is 10.8. The van der Waals surface area contributed by atoms with Gasteiger partial charge in [-0.15, -0.1) is 0 Å². The van der Waals surface area contributed by atoms with Crippen LogP contribution in [0.25, 0.3) is 22.4 Å². The van der Waals surface area contributed by atoms with Crippen LogP contribution in [0.4, 0.5) is 4.39 Å². The highest BCUT2D eigenvalue weighted by Gasteiger charge is 2.16. The molecule has 100 valence electrons. The summed E-state index contributed by atoms with van der Waals surface area (Å²) in [5, 5.41) is 7.25. The fraction of sp³-hybridized carbons (Fsp3) is 0.118. The van der Waals surface area contributed by atoms with E-state index in [4.69, 9.17) is 0 Å². The molecule has 0 unspecified atom stereocenters. The maximum absolute atomic E-state index is 14.2. The van der Waals surface area contributed by atoms with Crippen LogP contribution in [-0.2, 0) is 0 Å². The highest BCUT2D eigenvalue weighted by Crippen LogP contribution is 2.34. The van der Waals surface area contributed by atoms with Crippen molar-refractivity contribution in [3.8, 4) is 22.4 Å². The summed E-state index contributed by atoms with van der Waals surface area (Å²) in [6.45, 7) is 3.83. The molecule has 0 fully saturated rings. The lowest BCUT2D eigenvalue weighted by Crippen LogP contribution is -1.89. The minimum atomic E-state index is -0.242. The van der Waals surface area contributed by atoms with E-state index in [-0.39, 0.29) is 5.82 Å². The van der Waals surface area contributed by atoms with Crippen LogP contribution < -0.4 is 0 Å². The molecule has 20 heavy (non-hydrogen) atoms. The van der Waals surface area contributed by atoms with Crippen molar-refractivity contribution in [2.45, 2.75) is 13.8 Å². The number of benzene rings is 2. The molecule has 1 N–H and O–H groups in total. The summed E-state index contributed by atoms with van der Waals surface area (Å²) in [4.78, 5) is 0. The molecule has 0 aliphatic rings. The summed E-state index contributed by atoms with van der Waals surface area (Å²) >= 11 is 0. The fourth-order valence-corrected chi connectivity index (χ4v) is 2.39. The van der Waals surface area contributed by atoms with Crippen molar-refractivity contribution in [2.24, 2.45) is 0 Å². The van der Waals surface area contributed by atoms with Crippen LogP contribution in [0, 0.1) is 19.7 Å². The predicted molar refractivity (Wildman–Crippen MR) is 78.9 cm³/mol. The Hall–Kier alpha value is -2.42. The highest BCUT2D eigenvalue weighted by atomic mass is 19.1. The van der Waals surface area contributed by atoms with Crippen LogP contribution in [-0.4, -0.2) is 10.2 Å². The molecule has 0 bridgehead atoms. The molecule has 2 nitrogen and oxygen atoms in total. The van der Waals surface area contributed by atoms with Gasteiger partial charge in [-0.05, 0) is 37.1 Å². The molecule has 0 saturated carbocycles. The molecule has 0 aliphatic carbocycles. The van der Waals surface area contributed by atoms with Crippen molar-refractivity contribution in [2.75, 3.05) is 0 Å². The zero-order valence-corrected chi connectivity index (χ0v) is 11.4. The Morgan fingerprint density at radius 2 is 1.75 bits per heavy atom. The molecule has 0 atom stereocenters. The van der Waals surface area contributed by atoms with Gasteiger partial charge in [0.05, 0.1) is 0 Å². The predicted octanol–water partition coefficient (Wildman–Crippen LogP) is 4.50. The highest BCUT2D eigenvalue weighted by molar-refractivity contribution is 5.82.